The lowest BCUT2D eigenvalue weighted by atomic mass is 10.0. The molecule has 0 aliphatic heterocycles. The van der Waals surface area contributed by atoms with Crippen LogP contribution < -0.4 is 5.73 Å². The first-order valence-electron chi connectivity index (χ1n) is 4.69. The van der Waals surface area contributed by atoms with Gasteiger partial charge in [0.15, 0.2) is 0 Å². The van der Waals surface area contributed by atoms with Crippen LogP contribution in [-0.2, 0) is 0 Å². The van der Waals surface area contributed by atoms with Gasteiger partial charge in [0.25, 0.3) is 0 Å². The van der Waals surface area contributed by atoms with Crippen molar-refractivity contribution >= 4 is 16.8 Å². The van der Waals surface area contributed by atoms with Crippen LogP contribution in [0.2, 0.25) is 0 Å². The molecule has 0 saturated heterocycles. The molecule has 0 aliphatic rings. The van der Waals surface area contributed by atoms with Gasteiger partial charge in [0.2, 0.25) is 0 Å². The number of benzene rings is 2. The first-order chi connectivity index (χ1) is 6.77. The molecule has 0 heterocycles. The lowest BCUT2D eigenvalue weighted by molar-refractivity contribution is 1.34. The standard InChI is InChI=1S/C13H13N/c1-10(14)9-12-7-4-6-11-5-2-3-8-13(11)12/h2-9H,14H2,1H3/b10-9+. The Morgan fingerprint density at radius 2 is 1.79 bits per heavy atom. The van der Waals surface area contributed by atoms with Gasteiger partial charge in [-0.25, -0.2) is 0 Å². The molecule has 0 saturated carbocycles. The van der Waals surface area contributed by atoms with Gasteiger partial charge in [0, 0.05) is 5.70 Å². The van der Waals surface area contributed by atoms with E-state index in [1.165, 1.54) is 16.3 Å². The maximum Gasteiger partial charge on any atom is 0.00551 e. The first-order valence-corrected chi connectivity index (χ1v) is 4.69. The van der Waals surface area contributed by atoms with E-state index in [-0.39, 0.29) is 0 Å². The van der Waals surface area contributed by atoms with Crippen LogP contribution in [0.25, 0.3) is 16.8 Å². The van der Waals surface area contributed by atoms with Crippen LogP contribution in [0.4, 0.5) is 0 Å². The molecule has 0 amide bonds. The van der Waals surface area contributed by atoms with Crippen molar-refractivity contribution in [3.8, 4) is 0 Å². The molecule has 1 nitrogen and oxygen atoms in total. The van der Waals surface area contributed by atoms with E-state index in [1.807, 2.05) is 25.1 Å². The van der Waals surface area contributed by atoms with E-state index >= 15 is 0 Å². The van der Waals surface area contributed by atoms with E-state index in [4.69, 9.17) is 5.73 Å². The molecule has 2 rings (SSSR count). The molecule has 2 N–H and O–H groups in total. The highest BCUT2D eigenvalue weighted by Gasteiger charge is 1.96. The second kappa shape index (κ2) is 3.54. The van der Waals surface area contributed by atoms with Gasteiger partial charge < -0.3 is 5.73 Å². The first kappa shape index (κ1) is 8.82. The summed E-state index contributed by atoms with van der Waals surface area (Å²) in [5.41, 5.74) is 7.69. The van der Waals surface area contributed by atoms with E-state index in [0.717, 1.165) is 5.70 Å². The van der Waals surface area contributed by atoms with Gasteiger partial charge in [-0.3, -0.25) is 0 Å². The molecule has 0 bridgehead atoms. The number of rotatable bonds is 1. The molecule has 0 aromatic heterocycles. The van der Waals surface area contributed by atoms with Gasteiger partial charge in [-0.1, -0.05) is 42.5 Å². The Morgan fingerprint density at radius 1 is 1.07 bits per heavy atom. The molecule has 2 aromatic rings. The molecule has 0 atom stereocenters. The number of hydrogen-bond donors (Lipinski definition) is 1. The molecule has 0 aliphatic carbocycles. The lowest BCUT2D eigenvalue weighted by Gasteiger charge is -2.02. The van der Waals surface area contributed by atoms with Crippen molar-refractivity contribution in [1.29, 1.82) is 0 Å². The third kappa shape index (κ3) is 1.62. The summed E-state index contributed by atoms with van der Waals surface area (Å²) < 4.78 is 0. The highest BCUT2D eigenvalue weighted by Crippen LogP contribution is 2.19. The summed E-state index contributed by atoms with van der Waals surface area (Å²) in [4.78, 5) is 0. The number of nitrogens with two attached hydrogens (primary N) is 1. The van der Waals surface area contributed by atoms with E-state index in [1.54, 1.807) is 0 Å². The smallest absolute Gasteiger partial charge is 0.00551 e. The van der Waals surface area contributed by atoms with Crippen molar-refractivity contribution in [2.45, 2.75) is 6.92 Å². The van der Waals surface area contributed by atoms with Crippen LogP contribution in [0.1, 0.15) is 12.5 Å². The van der Waals surface area contributed by atoms with Crippen LogP contribution in [0.5, 0.6) is 0 Å². The van der Waals surface area contributed by atoms with Gasteiger partial charge in [-0.15, -0.1) is 0 Å². The Hall–Kier alpha value is -1.76. The zero-order valence-corrected chi connectivity index (χ0v) is 8.20. The quantitative estimate of drug-likeness (QED) is 0.722. The molecule has 1 heteroatoms. The normalized spacial score (nSPS) is 11.9. The average molecular weight is 183 g/mol. The Kier molecular flexibility index (Phi) is 2.23. The molecule has 0 unspecified atom stereocenters. The van der Waals surface area contributed by atoms with E-state index in [9.17, 15) is 0 Å². The van der Waals surface area contributed by atoms with Crippen LogP contribution in [0.3, 0.4) is 0 Å². The SMILES string of the molecule is C/C(N)=C\c1cccc2ccccc12. The lowest BCUT2D eigenvalue weighted by Crippen LogP contribution is -1.89. The molecular weight excluding hydrogens is 170 g/mol. The molecule has 70 valence electrons. The Morgan fingerprint density at radius 3 is 2.57 bits per heavy atom. The monoisotopic (exact) mass is 183 g/mol. The molecule has 0 spiro atoms. The molecule has 2 aromatic carbocycles. The van der Waals surface area contributed by atoms with Crippen LogP contribution in [0.15, 0.2) is 48.2 Å². The zero-order chi connectivity index (χ0) is 9.97. The van der Waals surface area contributed by atoms with Gasteiger partial charge in [0.1, 0.15) is 0 Å². The van der Waals surface area contributed by atoms with Gasteiger partial charge in [-0.2, -0.15) is 0 Å². The van der Waals surface area contributed by atoms with Crippen molar-refractivity contribution in [2.24, 2.45) is 5.73 Å². The Balaban J connectivity index is 2.71. The highest BCUT2D eigenvalue weighted by molar-refractivity contribution is 5.90. The molecular formula is C13H13N. The third-order valence-corrected chi connectivity index (χ3v) is 2.21. The van der Waals surface area contributed by atoms with E-state index in [2.05, 4.69) is 30.3 Å². The Labute approximate surface area is 83.9 Å². The summed E-state index contributed by atoms with van der Waals surface area (Å²) in [6, 6.07) is 14.6. The van der Waals surface area contributed by atoms with Crippen molar-refractivity contribution < 1.29 is 0 Å². The van der Waals surface area contributed by atoms with Crippen LogP contribution >= 0.6 is 0 Å². The molecule has 14 heavy (non-hydrogen) atoms. The van der Waals surface area contributed by atoms with Crippen LogP contribution in [-0.4, -0.2) is 0 Å². The Bertz CT molecular complexity index is 474. The molecule has 0 fully saturated rings. The minimum Gasteiger partial charge on any atom is -0.402 e. The fraction of sp³-hybridized carbons (Fsp3) is 0.0769. The summed E-state index contributed by atoms with van der Waals surface area (Å²) in [6.07, 6.45) is 2.00. The zero-order valence-electron chi connectivity index (χ0n) is 8.20. The van der Waals surface area contributed by atoms with Crippen molar-refractivity contribution in [3.05, 3.63) is 53.7 Å². The highest BCUT2D eigenvalue weighted by atomic mass is 14.5. The minimum atomic E-state index is 0.835. The predicted octanol–water partition coefficient (Wildman–Crippen LogP) is 3.16. The predicted molar refractivity (Wildman–Crippen MR) is 61.8 cm³/mol. The summed E-state index contributed by atoms with van der Waals surface area (Å²) in [6.45, 7) is 1.90. The summed E-state index contributed by atoms with van der Waals surface area (Å²) in [7, 11) is 0. The maximum atomic E-state index is 5.68. The van der Waals surface area contributed by atoms with E-state index < -0.39 is 0 Å². The average Bonchev–Trinajstić information content (AvgIpc) is 2.18. The minimum absolute atomic E-state index is 0.835. The number of hydrogen-bond acceptors (Lipinski definition) is 1. The summed E-state index contributed by atoms with van der Waals surface area (Å²) in [5, 5.41) is 2.50. The fourth-order valence-electron chi connectivity index (χ4n) is 1.62. The van der Waals surface area contributed by atoms with Crippen molar-refractivity contribution in [1.82, 2.24) is 0 Å². The van der Waals surface area contributed by atoms with Gasteiger partial charge in [0.05, 0.1) is 0 Å². The maximum absolute atomic E-state index is 5.68. The summed E-state index contributed by atoms with van der Waals surface area (Å²) in [5.74, 6) is 0. The second-order valence-electron chi connectivity index (χ2n) is 3.46. The fourth-order valence-corrected chi connectivity index (χ4v) is 1.62. The topological polar surface area (TPSA) is 26.0 Å². The van der Waals surface area contributed by atoms with Crippen LogP contribution in [0, 0.1) is 0 Å². The number of fused-ring (bicyclic) bond motifs is 1. The van der Waals surface area contributed by atoms with Crippen molar-refractivity contribution in [2.75, 3.05) is 0 Å². The van der Waals surface area contributed by atoms with Crippen molar-refractivity contribution in [3.63, 3.8) is 0 Å². The molecule has 0 radical (unpaired) electrons. The van der Waals surface area contributed by atoms with E-state index in [0.29, 0.717) is 0 Å². The summed E-state index contributed by atoms with van der Waals surface area (Å²) >= 11 is 0. The third-order valence-electron chi connectivity index (χ3n) is 2.21. The number of allylic oxidation sites excluding steroid dienone is 1. The second-order valence-corrected chi connectivity index (χ2v) is 3.46. The van der Waals surface area contributed by atoms with Gasteiger partial charge >= 0.3 is 0 Å². The van der Waals surface area contributed by atoms with Gasteiger partial charge in [-0.05, 0) is 29.3 Å². The largest absolute Gasteiger partial charge is 0.402 e.